The lowest BCUT2D eigenvalue weighted by Gasteiger charge is -2.41. The minimum absolute atomic E-state index is 0.210. The molecule has 1 aliphatic rings. The number of piperazine rings is 1. The highest BCUT2D eigenvalue weighted by Gasteiger charge is 2.27. The van der Waals surface area contributed by atoms with E-state index in [9.17, 15) is 0 Å². The predicted octanol–water partition coefficient (Wildman–Crippen LogP) is 2.80. The second-order valence-electron chi connectivity index (χ2n) is 5.98. The van der Waals surface area contributed by atoms with Crippen LogP contribution in [-0.2, 0) is 0 Å². The number of nitrogens with zero attached hydrogens (tertiary/aromatic N) is 1. The molecule has 1 aliphatic heterocycles. The summed E-state index contributed by atoms with van der Waals surface area (Å²) in [5, 5.41) is 3.57. The standard InChI is InChI=1S/C15H24N2/c1-11-8-12(2)14(13(3)9-11)17-7-6-16-15(4,5)10-17/h8-9,16H,6-7,10H2,1-5H3. The lowest BCUT2D eigenvalue weighted by atomic mass is 9.98. The Morgan fingerprint density at radius 1 is 1.12 bits per heavy atom. The van der Waals surface area contributed by atoms with Crippen LogP contribution in [0.1, 0.15) is 30.5 Å². The van der Waals surface area contributed by atoms with Crippen molar-refractivity contribution in [3.63, 3.8) is 0 Å². The molecule has 1 N–H and O–H groups in total. The van der Waals surface area contributed by atoms with Crippen molar-refractivity contribution < 1.29 is 0 Å². The number of hydrogen-bond acceptors (Lipinski definition) is 2. The Balaban J connectivity index is 2.34. The zero-order chi connectivity index (χ0) is 12.6. The summed E-state index contributed by atoms with van der Waals surface area (Å²) in [5.41, 5.74) is 5.81. The quantitative estimate of drug-likeness (QED) is 0.801. The maximum Gasteiger partial charge on any atom is 0.0426 e. The van der Waals surface area contributed by atoms with E-state index < -0.39 is 0 Å². The highest BCUT2D eigenvalue weighted by atomic mass is 15.2. The molecule has 1 aromatic rings. The number of benzene rings is 1. The van der Waals surface area contributed by atoms with Gasteiger partial charge in [-0.3, -0.25) is 0 Å². The summed E-state index contributed by atoms with van der Waals surface area (Å²) in [5.74, 6) is 0. The summed E-state index contributed by atoms with van der Waals surface area (Å²) in [7, 11) is 0. The second kappa shape index (κ2) is 4.34. The van der Waals surface area contributed by atoms with E-state index in [-0.39, 0.29) is 5.54 Å². The number of anilines is 1. The summed E-state index contributed by atoms with van der Waals surface area (Å²) in [6.07, 6.45) is 0. The molecule has 0 atom stereocenters. The van der Waals surface area contributed by atoms with E-state index in [0.29, 0.717) is 0 Å². The van der Waals surface area contributed by atoms with Crippen molar-refractivity contribution in [3.05, 3.63) is 28.8 Å². The van der Waals surface area contributed by atoms with Gasteiger partial charge in [0.15, 0.2) is 0 Å². The highest BCUT2D eigenvalue weighted by Crippen LogP contribution is 2.28. The van der Waals surface area contributed by atoms with Crippen LogP contribution in [0, 0.1) is 20.8 Å². The summed E-state index contributed by atoms with van der Waals surface area (Å²) >= 11 is 0. The fourth-order valence-electron chi connectivity index (χ4n) is 3.00. The SMILES string of the molecule is Cc1cc(C)c(N2CCNC(C)(C)C2)c(C)c1. The largest absolute Gasteiger partial charge is 0.368 e. The molecule has 2 rings (SSSR count). The number of rotatable bonds is 1. The van der Waals surface area contributed by atoms with Gasteiger partial charge in [0, 0.05) is 30.9 Å². The molecule has 1 saturated heterocycles. The molecule has 0 bridgehead atoms. The molecule has 2 nitrogen and oxygen atoms in total. The van der Waals surface area contributed by atoms with Crippen LogP contribution in [0.4, 0.5) is 5.69 Å². The third-order valence-electron chi connectivity index (χ3n) is 3.52. The van der Waals surface area contributed by atoms with Crippen LogP contribution in [-0.4, -0.2) is 25.2 Å². The minimum Gasteiger partial charge on any atom is -0.368 e. The number of nitrogens with one attached hydrogen (secondary N) is 1. The molecule has 0 spiro atoms. The van der Waals surface area contributed by atoms with E-state index in [0.717, 1.165) is 19.6 Å². The normalized spacial score (nSPS) is 19.5. The Morgan fingerprint density at radius 3 is 2.24 bits per heavy atom. The van der Waals surface area contributed by atoms with E-state index in [1.165, 1.54) is 22.4 Å². The topological polar surface area (TPSA) is 15.3 Å². The predicted molar refractivity (Wildman–Crippen MR) is 74.9 cm³/mol. The molecule has 0 amide bonds. The summed E-state index contributed by atoms with van der Waals surface area (Å²) < 4.78 is 0. The molecular formula is C15H24N2. The molecule has 0 aliphatic carbocycles. The first-order valence-corrected chi connectivity index (χ1v) is 6.47. The van der Waals surface area contributed by atoms with Crippen LogP contribution < -0.4 is 10.2 Å². The van der Waals surface area contributed by atoms with Gasteiger partial charge < -0.3 is 10.2 Å². The van der Waals surface area contributed by atoms with Crippen molar-refractivity contribution in [2.45, 2.75) is 40.2 Å². The smallest absolute Gasteiger partial charge is 0.0426 e. The molecule has 17 heavy (non-hydrogen) atoms. The van der Waals surface area contributed by atoms with E-state index in [1.54, 1.807) is 0 Å². The fraction of sp³-hybridized carbons (Fsp3) is 0.600. The van der Waals surface area contributed by atoms with Crippen LogP contribution in [0.2, 0.25) is 0 Å². The van der Waals surface area contributed by atoms with Gasteiger partial charge in [0.05, 0.1) is 0 Å². The van der Waals surface area contributed by atoms with E-state index in [4.69, 9.17) is 0 Å². The Bertz CT molecular complexity index is 398. The average Bonchev–Trinajstić information content (AvgIpc) is 2.13. The minimum atomic E-state index is 0.210. The van der Waals surface area contributed by atoms with E-state index in [2.05, 4.69) is 57.0 Å². The van der Waals surface area contributed by atoms with Crippen molar-refractivity contribution >= 4 is 5.69 Å². The zero-order valence-electron chi connectivity index (χ0n) is 11.7. The van der Waals surface area contributed by atoms with Gasteiger partial charge in [-0.15, -0.1) is 0 Å². The van der Waals surface area contributed by atoms with Crippen LogP contribution in [0.5, 0.6) is 0 Å². The van der Waals surface area contributed by atoms with E-state index in [1.807, 2.05) is 0 Å². The first kappa shape index (κ1) is 12.4. The van der Waals surface area contributed by atoms with Gasteiger partial charge in [0.2, 0.25) is 0 Å². The Morgan fingerprint density at radius 2 is 1.71 bits per heavy atom. The Hall–Kier alpha value is -1.02. The van der Waals surface area contributed by atoms with Crippen LogP contribution in [0.25, 0.3) is 0 Å². The molecular weight excluding hydrogens is 208 g/mol. The Labute approximate surface area is 105 Å². The number of aryl methyl sites for hydroxylation is 3. The van der Waals surface area contributed by atoms with Gasteiger partial charge in [-0.1, -0.05) is 17.7 Å². The average molecular weight is 232 g/mol. The summed E-state index contributed by atoms with van der Waals surface area (Å²) in [6, 6.07) is 4.58. The van der Waals surface area contributed by atoms with Crippen molar-refractivity contribution in [3.8, 4) is 0 Å². The van der Waals surface area contributed by atoms with Gasteiger partial charge >= 0.3 is 0 Å². The molecule has 2 heteroatoms. The lowest BCUT2D eigenvalue weighted by molar-refractivity contribution is 0.352. The molecule has 1 heterocycles. The summed E-state index contributed by atoms with van der Waals surface area (Å²) in [4.78, 5) is 2.53. The molecule has 0 aromatic heterocycles. The van der Waals surface area contributed by atoms with Gasteiger partial charge in [-0.25, -0.2) is 0 Å². The van der Waals surface area contributed by atoms with Crippen molar-refractivity contribution in [2.75, 3.05) is 24.5 Å². The van der Waals surface area contributed by atoms with Gasteiger partial charge in [0.25, 0.3) is 0 Å². The van der Waals surface area contributed by atoms with Gasteiger partial charge in [0.1, 0.15) is 0 Å². The molecule has 94 valence electrons. The van der Waals surface area contributed by atoms with Crippen molar-refractivity contribution in [1.29, 1.82) is 0 Å². The van der Waals surface area contributed by atoms with Gasteiger partial charge in [-0.2, -0.15) is 0 Å². The molecule has 0 saturated carbocycles. The monoisotopic (exact) mass is 232 g/mol. The van der Waals surface area contributed by atoms with E-state index >= 15 is 0 Å². The lowest BCUT2D eigenvalue weighted by Crippen LogP contribution is -2.57. The fourth-order valence-corrected chi connectivity index (χ4v) is 3.00. The van der Waals surface area contributed by atoms with Crippen LogP contribution in [0.15, 0.2) is 12.1 Å². The molecule has 1 fully saturated rings. The third-order valence-corrected chi connectivity index (χ3v) is 3.52. The first-order chi connectivity index (χ1) is 7.89. The second-order valence-corrected chi connectivity index (χ2v) is 5.98. The first-order valence-electron chi connectivity index (χ1n) is 6.47. The van der Waals surface area contributed by atoms with Crippen molar-refractivity contribution in [1.82, 2.24) is 5.32 Å². The highest BCUT2D eigenvalue weighted by molar-refractivity contribution is 5.60. The maximum atomic E-state index is 3.57. The van der Waals surface area contributed by atoms with Gasteiger partial charge in [-0.05, 0) is 45.7 Å². The van der Waals surface area contributed by atoms with Crippen molar-refractivity contribution in [2.24, 2.45) is 0 Å². The van der Waals surface area contributed by atoms with Crippen LogP contribution in [0.3, 0.4) is 0 Å². The summed E-state index contributed by atoms with van der Waals surface area (Å²) in [6.45, 7) is 14.4. The third kappa shape index (κ3) is 2.63. The maximum absolute atomic E-state index is 3.57. The molecule has 0 unspecified atom stereocenters. The Kier molecular flexibility index (Phi) is 3.17. The zero-order valence-corrected chi connectivity index (χ0v) is 11.7. The molecule has 1 aromatic carbocycles. The molecule has 0 radical (unpaired) electrons. The number of hydrogen-bond donors (Lipinski definition) is 1. The van der Waals surface area contributed by atoms with Crippen LogP contribution >= 0.6 is 0 Å².